The Morgan fingerprint density at radius 1 is 1.19 bits per heavy atom. The second-order valence-electron chi connectivity index (χ2n) is 8.77. The molecule has 0 radical (unpaired) electrons. The van der Waals surface area contributed by atoms with Crippen LogP contribution in [0.3, 0.4) is 0 Å². The molecule has 8 heteroatoms. The first-order valence-electron chi connectivity index (χ1n) is 11.3. The first-order valence-corrected chi connectivity index (χ1v) is 11.3. The highest BCUT2D eigenvalue weighted by atomic mass is 19.4. The highest BCUT2D eigenvalue weighted by molar-refractivity contribution is 6.46. The van der Waals surface area contributed by atoms with Gasteiger partial charge in [-0.2, -0.15) is 13.2 Å². The molecule has 0 atom stereocenters. The number of piperidine rings is 1. The van der Waals surface area contributed by atoms with Gasteiger partial charge >= 0.3 is 6.18 Å². The van der Waals surface area contributed by atoms with E-state index in [9.17, 15) is 18.0 Å². The molecule has 0 saturated carbocycles. The number of methoxy groups -OCH3 is 1. The predicted octanol–water partition coefficient (Wildman–Crippen LogP) is 3.90. The largest absolute Gasteiger partial charge is 0.416 e. The van der Waals surface area contributed by atoms with Crippen molar-refractivity contribution in [2.75, 3.05) is 53.0 Å². The number of ether oxygens (including phenoxy) is 1. The lowest BCUT2D eigenvalue weighted by Gasteiger charge is -2.33. The van der Waals surface area contributed by atoms with Gasteiger partial charge in [0.2, 0.25) is 0 Å². The van der Waals surface area contributed by atoms with Gasteiger partial charge in [-0.25, -0.2) is 0 Å². The molecule has 1 amide bonds. The molecule has 4 rings (SSSR count). The van der Waals surface area contributed by atoms with Gasteiger partial charge in [0.05, 0.1) is 18.7 Å². The number of nitrogens with zero attached hydrogens (tertiary/aromatic N) is 3. The van der Waals surface area contributed by atoms with Crippen molar-refractivity contribution in [3.8, 4) is 0 Å². The molecule has 5 nitrogen and oxygen atoms in total. The summed E-state index contributed by atoms with van der Waals surface area (Å²) in [6, 6.07) is 5.81. The lowest BCUT2D eigenvalue weighted by Crippen LogP contribution is -2.43. The quantitative estimate of drug-likeness (QED) is 0.685. The minimum Gasteiger partial charge on any atom is -0.383 e. The third kappa shape index (κ3) is 4.91. The maximum Gasteiger partial charge on any atom is 0.416 e. The zero-order valence-electron chi connectivity index (χ0n) is 18.5. The molecule has 32 heavy (non-hydrogen) atoms. The number of hydrogen-bond donors (Lipinski definition) is 0. The van der Waals surface area contributed by atoms with Crippen LogP contribution in [0, 0.1) is 0 Å². The average Bonchev–Trinajstić information content (AvgIpc) is 3.07. The molecule has 3 aliphatic rings. The Morgan fingerprint density at radius 3 is 2.66 bits per heavy atom. The number of halogens is 3. The monoisotopic (exact) mass is 449 g/mol. The van der Waals surface area contributed by atoms with Crippen molar-refractivity contribution in [1.29, 1.82) is 0 Å². The first-order chi connectivity index (χ1) is 15.4. The van der Waals surface area contributed by atoms with Crippen molar-refractivity contribution >= 4 is 11.6 Å². The van der Waals surface area contributed by atoms with Gasteiger partial charge in [-0.05, 0) is 60.9 Å². The van der Waals surface area contributed by atoms with Crippen LogP contribution in [-0.4, -0.2) is 74.4 Å². The van der Waals surface area contributed by atoms with E-state index in [0.717, 1.165) is 37.6 Å². The number of aliphatic imine (C=N–C) groups is 1. The Kier molecular flexibility index (Phi) is 7.00. The van der Waals surface area contributed by atoms with E-state index in [1.54, 1.807) is 24.1 Å². The van der Waals surface area contributed by atoms with Gasteiger partial charge in [0, 0.05) is 33.3 Å². The number of carbonyl (C=O) groups is 1. The van der Waals surface area contributed by atoms with E-state index < -0.39 is 11.7 Å². The number of benzene rings is 1. The molecule has 1 aromatic carbocycles. The number of rotatable bonds is 5. The van der Waals surface area contributed by atoms with E-state index in [2.05, 4.69) is 9.89 Å². The molecule has 3 aliphatic heterocycles. The molecule has 0 aliphatic carbocycles. The Balaban J connectivity index is 1.42. The van der Waals surface area contributed by atoms with Gasteiger partial charge in [-0.3, -0.25) is 14.7 Å². The predicted molar refractivity (Wildman–Crippen MR) is 117 cm³/mol. The highest BCUT2D eigenvalue weighted by Gasteiger charge is 2.37. The number of amides is 1. The summed E-state index contributed by atoms with van der Waals surface area (Å²) in [5.41, 5.74) is 2.64. The number of alkyl halides is 3. The lowest BCUT2D eigenvalue weighted by molar-refractivity contribution is -0.138. The van der Waals surface area contributed by atoms with Gasteiger partial charge in [0.15, 0.2) is 0 Å². The first kappa shape index (κ1) is 23.0. The normalized spacial score (nSPS) is 20.9. The van der Waals surface area contributed by atoms with Gasteiger partial charge in [-0.15, -0.1) is 0 Å². The molecule has 0 unspecified atom stereocenters. The summed E-state index contributed by atoms with van der Waals surface area (Å²) in [6.45, 7) is 4.63. The highest BCUT2D eigenvalue weighted by Crippen LogP contribution is 2.38. The van der Waals surface area contributed by atoms with E-state index in [0.29, 0.717) is 56.9 Å². The number of hydrogen-bond acceptors (Lipinski definition) is 4. The molecule has 0 bridgehead atoms. The van der Waals surface area contributed by atoms with Gasteiger partial charge in [0.25, 0.3) is 5.91 Å². The summed E-state index contributed by atoms with van der Waals surface area (Å²) < 4.78 is 45.5. The SMILES string of the molecule is COCCN1CCCC2=C(C1)C(C(=O)N1CCC(c3ccccc3C(F)(F)F)CC1)=NC2. The van der Waals surface area contributed by atoms with E-state index in [4.69, 9.17) is 4.74 Å². The second kappa shape index (κ2) is 9.75. The van der Waals surface area contributed by atoms with Crippen LogP contribution in [0.25, 0.3) is 0 Å². The molecular formula is C24H30F3N3O2. The molecule has 1 saturated heterocycles. The maximum absolute atomic E-state index is 13.4. The topological polar surface area (TPSA) is 45.1 Å². The summed E-state index contributed by atoms with van der Waals surface area (Å²) in [4.78, 5) is 22.0. The van der Waals surface area contributed by atoms with Crippen LogP contribution in [0.2, 0.25) is 0 Å². The second-order valence-corrected chi connectivity index (χ2v) is 8.77. The minimum absolute atomic E-state index is 0.0776. The maximum atomic E-state index is 13.4. The molecule has 174 valence electrons. The Labute approximate surface area is 186 Å². The zero-order chi connectivity index (χ0) is 22.7. The summed E-state index contributed by atoms with van der Waals surface area (Å²) in [6.07, 6.45) is -1.31. The third-order valence-corrected chi connectivity index (χ3v) is 6.78. The molecule has 0 N–H and O–H groups in total. The van der Waals surface area contributed by atoms with Crippen LogP contribution in [0.5, 0.6) is 0 Å². The van der Waals surface area contributed by atoms with Gasteiger partial charge < -0.3 is 9.64 Å². The van der Waals surface area contributed by atoms with Gasteiger partial charge in [-0.1, -0.05) is 18.2 Å². The lowest BCUT2D eigenvalue weighted by atomic mass is 9.86. The van der Waals surface area contributed by atoms with E-state index >= 15 is 0 Å². The Bertz CT molecular complexity index is 902. The van der Waals surface area contributed by atoms with Crippen LogP contribution in [0.4, 0.5) is 13.2 Å². The zero-order valence-corrected chi connectivity index (χ0v) is 18.5. The van der Waals surface area contributed by atoms with Crippen LogP contribution in [0.15, 0.2) is 40.4 Å². The van der Waals surface area contributed by atoms with Gasteiger partial charge in [0.1, 0.15) is 5.71 Å². The van der Waals surface area contributed by atoms with Crippen molar-refractivity contribution in [3.63, 3.8) is 0 Å². The van der Waals surface area contributed by atoms with Crippen molar-refractivity contribution < 1.29 is 22.7 Å². The van der Waals surface area contributed by atoms with Crippen LogP contribution in [-0.2, 0) is 15.7 Å². The van der Waals surface area contributed by atoms with Crippen molar-refractivity contribution in [3.05, 3.63) is 46.5 Å². The van der Waals surface area contributed by atoms with E-state index in [-0.39, 0.29) is 11.8 Å². The fraction of sp³-hybridized carbons (Fsp3) is 0.583. The minimum atomic E-state index is -4.36. The number of likely N-dealkylation sites (tertiary alicyclic amines) is 1. The standard InChI is InChI=1S/C24H30F3N3O2/c1-32-14-13-29-10-4-5-18-15-28-22(20(18)16-29)23(31)30-11-8-17(9-12-30)19-6-2-3-7-21(19)24(25,26)27/h2-3,6-7,17H,4-5,8-16H2,1H3. The van der Waals surface area contributed by atoms with Crippen LogP contribution in [0.1, 0.15) is 42.7 Å². The van der Waals surface area contributed by atoms with Crippen LogP contribution >= 0.6 is 0 Å². The van der Waals surface area contributed by atoms with E-state index in [1.165, 1.54) is 11.6 Å². The van der Waals surface area contributed by atoms with Crippen LogP contribution < -0.4 is 0 Å². The molecule has 1 fully saturated rings. The van der Waals surface area contributed by atoms with Crippen molar-refractivity contribution in [2.24, 2.45) is 4.99 Å². The summed E-state index contributed by atoms with van der Waals surface area (Å²) in [5.74, 6) is -0.272. The summed E-state index contributed by atoms with van der Waals surface area (Å²) >= 11 is 0. The number of carbonyl (C=O) groups excluding carboxylic acids is 1. The van der Waals surface area contributed by atoms with E-state index in [1.807, 2.05) is 0 Å². The molecule has 3 heterocycles. The molecule has 0 aromatic heterocycles. The third-order valence-electron chi connectivity index (χ3n) is 6.78. The summed E-state index contributed by atoms with van der Waals surface area (Å²) in [5, 5.41) is 0. The molecule has 0 spiro atoms. The van der Waals surface area contributed by atoms with Crippen molar-refractivity contribution in [1.82, 2.24) is 9.80 Å². The Hall–Kier alpha value is -2.19. The fourth-order valence-corrected chi connectivity index (χ4v) is 5.03. The molecular weight excluding hydrogens is 419 g/mol. The smallest absolute Gasteiger partial charge is 0.383 e. The fourth-order valence-electron chi connectivity index (χ4n) is 5.03. The van der Waals surface area contributed by atoms with Crippen molar-refractivity contribution in [2.45, 2.75) is 37.8 Å². The molecule has 1 aromatic rings. The summed E-state index contributed by atoms with van der Waals surface area (Å²) in [7, 11) is 1.69. The Morgan fingerprint density at radius 2 is 1.94 bits per heavy atom. The average molecular weight is 450 g/mol.